The fourth-order valence-corrected chi connectivity index (χ4v) is 1.49. The average molecular weight is 247 g/mol. The van der Waals surface area contributed by atoms with E-state index in [1.54, 1.807) is 25.2 Å². The van der Waals surface area contributed by atoms with E-state index in [-0.39, 0.29) is 5.69 Å². The van der Waals surface area contributed by atoms with Gasteiger partial charge >= 0.3 is 0 Å². The number of anilines is 2. The Hall–Kier alpha value is -2.57. The molecule has 2 heterocycles. The highest BCUT2D eigenvalue weighted by atomic mass is 16.5. The molecule has 2 aromatic heterocycles. The molecule has 0 saturated carbocycles. The van der Waals surface area contributed by atoms with Crippen LogP contribution in [0.25, 0.3) is 0 Å². The summed E-state index contributed by atoms with van der Waals surface area (Å²) in [6, 6.07) is 4.88. The molecule has 1 amide bonds. The highest BCUT2D eigenvalue weighted by molar-refractivity contribution is 6.05. The van der Waals surface area contributed by atoms with E-state index < -0.39 is 5.91 Å². The number of carbonyl (C=O) groups is 1. The number of rotatable bonds is 3. The molecule has 0 spiro atoms. The standard InChI is InChI=1S/C11H13N5O2/c1-16-9(18-2)6-8(15-16)14-11(17)10-7(12)4-3-5-13-10/h3-6H,12H2,1-2H3,(H,14,15,17). The van der Waals surface area contributed by atoms with E-state index in [0.717, 1.165) is 0 Å². The first-order chi connectivity index (χ1) is 8.61. The molecule has 2 rings (SSSR count). The Balaban J connectivity index is 2.19. The molecular weight excluding hydrogens is 234 g/mol. The fraction of sp³-hybridized carbons (Fsp3) is 0.182. The minimum absolute atomic E-state index is 0.169. The average Bonchev–Trinajstić information content (AvgIpc) is 2.69. The highest BCUT2D eigenvalue weighted by Crippen LogP contribution is 2.16. The van der Waals surface area contributed by atoms with Gasteiger partial charge in [0.25, 0.3) is 5.91 Å². The topological polar surface area (TPSA) is 95.1 Å². The monoisotopic (exact) mass is 247 g/mol. The number of hydrogen-bond donors (Lipinski definition) is 2. The van der Waals surface area contributed by atoms with Crippen LogP contribution in [0.15, 0.2) is 24.4 Å². The largest absolute Gasteiger partial charge is 0.481 e. The van der Waals surface area contributed by atoms with E-state index in [1.807, 2.05) is 0 Å². The van der Waals surface area contributed by atoms with Crippen LogP contribution in [0.4, 0.5) is 11.5 Å². The summed E-state index contributed by atoms with van der Waals surface area (Å²) in [5.74, 6) is 0.512. The van der Waals surface area contributed by atoms with Crippen molar-refractivity contribution in [1.82, 2.24) is 14.8 Å². The number of aromatic nitrogens is 3. The molecule has 7 nitrogen and oxygen atoms in total. The van der Waals surface area contributed by atoms with Crippen molar-refractivity contribution in [3.63, 3.8) is 0 Å². The van der Waals surface area contributed by atoms with Gasteiger partial charge in [0, 0.05) is 19.3 Å². The van der Waals surface area contributed by atoms with E-state index >= 15 is 0 Å². The van der Waals surface area contributed by atoms with Crippen molar-refractivity contribution in [2.24, 2.45) is 7.05 Å². The molecule has 0 radical (unpaired) electrons. The quantitative estimate of drug-likeness (QED) is 0.830. The van der Waals surface area contributed by atoms with E-state index in [2.05, 4.69) is 15.4 Å². The molecule has 0 aliphatic heterocycles. The summed E-state index contributed by atoms with van der Waals surface area (Å²) in [5.41, 5.74) is 6.15. The van der Waals surface area contributed by atoms with E-state index in [0.29, 0.717) is 17.4 Å². The van der Waals surface area contributed by atoms with Crippen LogP contribution in [0.3, 0.4) is 0 Å². The van der Waals surface area contributed by atoms with Gasteiger partial charge < -0.3 is 15.8 Å². The minimum atomic E-state index is -0.408. The maximum atomic E-state index is 11.9. The van der Waals surface area contributed by atoms with E-state index in [1.165, 1.54) is 18.0 Å². The van der Waals surface area contributed by atoms with Crippen LogP contribution in [0, 0.1) is 0 Å². The zero-order valence-electron chi connectivity index (χ0n) is 10.0. The summed E-state index contributed by atoms with van der Waals surface area (Å²) in [7, 11) is 3.24. The summed E-state index contributed by atoms with van der Waals surface area (Å²) in [4.78, 5) is 15.8. The number of nitrogens with two attached hydrogens (primary N) is 1. The van der Waals surface area contributed by atoms with Crippen molar-refractivity contribution in [2.45, 2.75) is 0 Å². The Morgan fingerprint density at radius 3 is 2.94 bits per heavy atom. The van der Waals surface area contributed by atoms with Crippen molar-refractivity contribution >= 4 is 17.4 Å². The number of nitrogens with one attached hydrogen (secondary N) is 1. The number of pyridine rings is 1. The van der Waals surface area contributed by atoms with Crippen molar-refractivity contribution in [1.29, 1.82) is 0 Å². The second-order valence-electron chi connectivity index (χ2n) is 3.59. The number of nitrogen functional groups attached to an aromatic ring is 1. The van der Waals surface area contributed by atoms with E-state index in [4.69, 9.17) is 10.5 Å². The molecule has 7 heteroatoms. The number of amides is 1. The molecule has 0 saturated heterocycles. The van der Waals surface area contributed by atoms with Crippen LogP contribution in [0.5, 0.6) is 5.88 Å². The summed E-state index contributed by atoms with van der Waals surface area (Å²) >= 11 is 0. The number of nitrogens with zero attached hydrogens (tertiary/aromatic N) is 3. The zero-order chi connectivity index (χ0) is 13.1. The van der Waals surface area contributed by atoms with Crippen molar-refractivity contribution in [3.8, 4) is 5.88 Å². The first-order valence-corrected chi connectivity index (χ1v) is 5.21. The Kier molecular flexibility index (Phi) is 3.13. The molecule has 3 N–H and O–H groups in total. The second kappa shape index (κ2) is 4.74. The van der Waals surface area contributed by atoms with Crippen LogP contribution in [0.2, 0.25) is 0 Å². The molecule has 0 bridgehead atoms. The number of carbonyl (C=O) groups excluding carboxylic acids is 1. The lowest BCUT2D eigenvalue weighted by atomic mass is 10.3. The van der Waals surface area contributed by atoms with Gasteiger partial charge in [0.1, 0.15) is 0 Å². The van der Waals surface area contributed by atoms with Crippen LogP contribution in [0.1, 0.15) is 10.5 Å². The van der Waals surface area contributed by atoms with Gasteiger partial charge in [-0.1, -0.05) is 0 Å². The van der Waals surface area contributed by atoms with Crippen molar-refractivity contribution in [2.75, 3.05) is 18.2 Å². The smallest absolute Gasteiger partial charge is 0.277 e. The Bertz CT molecular complexity index is 579. The highest BCUT2D eigenvalue weighted by Gasteiger charge is 2.13. The molecule has 18 heavy (non-hydrogen) atoms. The Labute approximate surface area is 104 Å². The number of methoxy groups -OCH3 is 1. The van der Waals surface area contributed by atoms with Gasteiger partial charge in [-0.15, -0.1) is 0 Å². The maximum absolute atomic E-state index is 11.9. The SMILES string of the molecule is COc1cc(NC(=O)c2ncccc2N)nn1C. The lowest BCUT2D eigenvalue weighted by molar-refractivity contribution is 0.102. The normalized spacial score (nSPS) is 10.1. The summed E-state index contributed by atoms with van der Waals surface area (Å²) in [5, 5.41) is 6.67. The third-order valence-electron chi connectivity index (χ3n) is 2.34. The number of ether oxygens (including phenoxy) is 1. The van der Waals surface area contributed by atoms with Gasteiger partial charge in [-0.3, -0.25) is 4.79 Å². The minimum Gasteiger partial charge on any atom is -0.481 e. The molecule has 2 aromatic rings. The second-order valence-corrected chi connectivity index (χ2v) is 3.59. The maximum Gasteiger partial charge on any atom is 0.277 e. The van der Waals surface area contributed by atoms with Gasteiger partial charge in [0.05, 0.1) is 12.8 Å². The van der Waals surface area contributed by atoms with Gasteiger partial charge in [0.15, 0.2) is 11.5 Å². The van der Waals surface area contributed by atoms with Crippen LogP contribution >= 0.6 is 0 Å². The van der Waals surface area contributed by atoms with E-state index in [9.17, 15) is 4.79 Å². The summed E-state index contributed by atoms with van der Waals surface area (Å²) in [6.45, 7) is 0. The third-order valence-corrected chi connectivity index (χ3v) is 2.34. The predicted molar refractivity (Wildman–Crippen MR) is 66.4 cm³/mol. The lowest BCUT2D eigenvalue weighted by Gasteiger charge is -2.03. The van der Waals surface area contributed by atoms with Gasteiger partial charge in [0.2, 0.25) is 5.88 Å². The van der Waals surface area contributed by atoms with Gasteiger partial charge in [-0.2, -0.15) is 5.10 Å². The van der Waals surface area contributed by atoms with Crippen LogP contribution in [-0.4, -0.2) is 27.8 Å². The molecule has 94 valence electrons. The van der Waals surface area contributed by atoms with Gasteiger partial charge in [-0.05, 0) is 12.1 Å². The lowest BCUT2D eigenvalue weighted by Crippen LogP contribution is -2.16. The summed E-state index contributed by atoms with van der Waals surface area (Å²) < 4.78 is 6.56. The molecule has 0 fully saturated rings. The molecule has 0 aliphatic rings. The predicted octanol–water partition coefficient (Wildman–Crippen LogP) is 0.658. The Morgan fingerprint density at radius 1 is 1.56 bits per heavy atom. The molecule has 0 aliphatic carbocycles. The first-order valence-electron chi connectivity index (χ1n) is 5.21. The molecule has 0 unspecified atom stereocenters. The third kappa shape index (κ3) is 2.24. The molecular formula is C11H13N5O2. The molecule has 0 atom stereocenters. The zero-order valence-corrected chi connectivity index (χ0v) is 10.0. The summed E-state index contributed by atoms with van der Waals surface area (Å²) in [6.07, 6.45) is 1.50. The fourth-order valence-electron chi connectivity index (χ4n) is 1.49. The van der Waals surface area contributed by atoms with Crippen LogP contribution < -0.4 is 15.8 Å². The van der Waals surface area contributed by atoms with Crippen molar-refractivity contribution < 1.29 is 9.53 Å². The number of aryl methyl sites for hydroxylation is 1. The number of hydrogen-bond acceptors (Lipinski definition) is 5. The first kappa shape index (κ1) is 11.9. The van der Waals surface area contributed by atoms with Crippen LogP contribution in [-0.2, 0) is 7.05 Å². The van der Waals surface area contributed by atoms with Crippen molar-refractivity contribution in [3.05, 3.63) is 30.1 Å². The van der Waals surface area contributed by atoms with Gasteiger partial charge in [-0.25, -0.2) is 9.67 Å². The molecule has 0 aromatic carbocycles. The Morgan fingerprint density at radius 2 is 2.33 bits per heavy atom.